The minimum atomic E-state index is -3.35. The number of tetrazole rings is 1. The van der Waals surface area contributed by atoms with Crippen molar-refractivity contribution in [2.75, 3.05) is 39.3 Å². The zero-order valence-corrected chi connectivity index (χ0v) is 17.5. The van der Waals surface area contributed by atoms with Crippen molar-refractivity contribution in [2.45, 2.75) is 38.8 Å². The molecular weight excluding hydrogens is 390 g/mol. The molecule has 2 fully saturated rings. The minimum absolute atomic E-state index is 0.513. The van der Waals surface area contributed by atoms with E-state index in [2.05, 4.69) is 32.6 Å². The third kappa shape index (κ3) is 5.00. The van der Waals surface area contributed by atoms with E-state index in [1.807, 2.05) is 22.9 Å². The molecule has 2 saturated heterocycles. The molecule has 0 saturated carbocycles. The van der Waals surface area contributed by atoms with Gasteiger partial charge < -0.3 is 0 Å². The fraction of sp³-hybridized carbons (Fsp3) is 0.632. The van der Waals surface area contributed by atoms with E-state index < -0.39 is 10.2 Å². The molecular formula is C19H29N7O2S. The van der Waals surface area contributed by atoms with Crippen LogP contribution in [-0.2, 0) is 23.3 Å². The van der Waals surface area contributed by atoms with Crippen LogP contribution in [0.2, 0.25) is 0 Å². The minimum Gasteiger partial charge on any atom is -0.293 e. The molecule has 0 amide bonds. The predicted octanol–water partition coefficient (Wildman–Crippen LogP) is 0.960. The molecule has 0 unspecified atom stereocenters. The Morgan fingerprint density at radius 1 is 0.793 bits per heavy atom. The van der Waals surface area contributed by atoms with E-state index in [-0.39, 0.29) is 0 Å². The third-order valence-electron chi connectivity index (χ3n) is 5.70. The lowest BCUT2D eigenvalue weighted by Gasteiger charge is -2.36. The second-order valence-electron chi connectivity index (χ2n) is 7.73. The van der Waals surface area contributed by atoms with Gasteiger partial charge in [-0.25, -0.2) is 4.68 Å². The Kier molecular flexibility index (Phi) is 6.53. The summed E-state index contributed by atoms with van der Waals surface area (Å²) in [5, 5.41) is 12.1. The summed E-state index contributed by atoms with van der Waals surface area (Å²) >= 11 is 0. The summed E-state index contributed by atoms with van der Waals surface area (Å²) in [4.78, 5) is 2.22. The average Bonchev–Trinajstić information content (AvgIpc) is 2.99. The number of piperazine rings is 1. The molecule has 29 heavy (non-hydrogen) atoms. The Bertz CT molecular complexity index is 871. The summed E-state index contributed by atoms with van der Waals surface area (Å²) in [6.45, 7) is 4.95. The van der Waals surface area contributed by atoms with Crippen LogP contribution in [0, 0.1) is 0 Å². The van der Waals surface area contributed by atoms with Gasteiger partial charge in [0.05, 0.1) is 13.1 Å². The first-order valence-electron chi connectivity index (χ1n) is 10.4. The molecule has 0 radical (unpaired) electrons. The second-order valence-corrected chi connectivity index (χ2v) is 9.66. The van der Waals surface area contributed by atoms with Gasteiger partial charge in [0.25, 0.3) is 10.2 Å². The van der Waals surface area contributed by atoms with Gasteiger partial charge in [0, 0.05) is 39.3 Å². The van der Waals surface area contributed by atoms with Crippen LogP contribution >= 0.6 is 0 Å². The summed E-state index contributed by atoms with van der Waals surface area (Å²) < 4.78 is 31.1. The van der Waals surface area contributed by atoms with Crippen LogP contribution in [0.3, 0.4) is 0 Å². The van der Waals surface area contributed by atoms with E-state index >= 15 is 0 Å². The number of hydrogen-bond donors (Lipinski definition) is 0. The van der Waals surface area contributed by atoms with Gasteiger partial charge in [-0.15, -0.1) is 5.10 Å². The van der Waals surface area contributed by atoms with Crippen molar-refractivity contribution < 1.29 is 8.42 Å². The highest BCUT2D eigenvalue weighted by Gasteiger charge is 2.32. The van der Waals surface area contributed by atoms with Crippen LogP contribution in [0.5, 0.6) is 0 Å². The van der Waals surface area contributed by atoms with Gasteiger partial charge in [0.15, 0.2) is 5.82 Å². The van der Waals surface area contributed by atoms with Crippen molar-refractivity contribution in [1.82, 2.24) is 33.7 Å². The van der Waals surface area contributed by atoms with E-state index in [1.165, 1.54) is 0 Å². The number of aromatic nitrogens is 4. The molecule has 0 aliphatic carbocycles. The topological polar surface area (TPSA) is 87.5 Å². The molecule has 0 atom stereocenters. The zero-order chi connectivity index (χ0) is 20.1. The van der Waals surface area contributed by atoms with Gasteiger partial charge in [-0.2, -0.15) is 17.0 Å². The molecule has 2 aliphatic rings. The Morgan fingerprint density at radius 2 is 1.45 bits per heavy atom. The van der Waals surface area contributed by atoms with E-state index in [0.717, 1.165) is 37.1 Å². The molecule has 4 rings (SSSR count). The van der Waals surface area contributed by atoms with Crippen molar-refractivity contribution in [3.63, 3.8) is 0 Å². The number of benzene rings is 1. The van der Waals surface area contributed by atoms with Gasteiger partial charge >= 0.3 is 0 Å². The molecule has 1 aromatic heterocycles. The predicted molar refractivity (Wildman–Crippen MR) is 109 cm³/mol. The van der Waals surface area contributed by atoms with E-state index in [9.17, 15) is 8.42 Å². The Labute approximate surface area is 172 Å². The molecule has 0 spiro atoms. The maximum Gasteiger partial charge on any atom is 0.282 e. The van der Waals surface area contributed by atoms with E-state index in [1.54, 1.807) is 8.61 Å². The Hall–Kier alpha value is -1.88. The zero-order valence-electron chi connectivity index (χ0n) is 16.7. The molecule has 1 aromatic carbocycles. The highest BCUT2D eigenvalue weighted by molar-refractivity contribution is 7.86. The molecule has 10 heteroatoms. The van der Waals surface area contributed by atoms with Gasteiger partial charge in [0.2, 0.25) is 0 Å². The van der Waals surface area contributed by atoms with Crippen LogP contribution in [0.4, 0.5) is 0 Å². The molecule has 2 aromatic rings. The van der Waals surface area contributed by atoms with Crippen molar-refractivity contribution in [3.05, 3.63) is 41.7 Å². The van der Waals surface area contributed by atoms with Crippen LogP contribution in [0.1, 0.15) is 37.1 Å². The summed E-state index contributed by atoms with van der Waals surface area (Å²) in [5.41, 5.74) is 1.15. The number of nitrogens with zero attached hydrogens (tertiary/aromatic N) is 7. The highest BCUT2D eigenvalue weighted by atomic mass is 32.2. The van der Waals surface area contributed by atoms with Crippen LogP contribution < -0.4 is 0 Å². The largest absolute Gasteiger partial charge is 0.293 e. The molecule has 158 valence electrons. The van der Waals surface area contributed by atoms with Crippen molar-refractivity contribution in [1.29, 1.82) is 0 Å². The van der Waals surface area contributed by atoms with E-state index in [0.29, 0.717) is 52.4 Å². The Morgan fingerprint density at radius 3 is 2.14 bits per heavy atom. The summed E-state index contributed by atoms with van der Waals surface area (Å²) in [7, 11) is -3.35. The summed E-state index contributed by atoms with van der Waals surface area (Å²) in [6.07, 6.45) is 4.17. The van der Waals surface area contributed by atoms with Gasteiger partial charge in [0.1, 0.15) is 0 Å². The maximum atomic E-state index is 13.0. The fourth-order valence-corrected chi connectivity index (χ4v) is 5.64. The van der Waals surface area contributed by atoms with Crippen molar-refractivity contribution >= 4 is 10.2 Å². The monoisotopic (exact) mass is 419 g/mol. The van der Waals surface area contributed by atoms with Crippen LogP contribution in [0.15, 0.2) is 30.3 Å². The highest BCUT2D eigenvalue weighted by Crippen LogP contribution is 2.18. The lowest BCUT2D eigenvalue weighted by molar-refractivity contribution is 0.169. The lowest BCUT2D eigenvalue weighted by Crippen LogP contribution is -2.53. The smallest absolute Gasteiger partial charge is 0.282 e. The van der Waals surface area contributed by atoms with Crippen LogP contribution in [-0.4, -0.2) is 81.4 Å². The lowest BCUT2D eigenvalue weighted by atomic mass is 10.2. The Balaban J connectivity index is 1.33. The normalized spacial score (nSPS) is 20.6. The fourth-order valence-electron chi connectivity index (χ4n) is 3.97. The first-order chi connectivity index (χ1) is 14.1. The van der Waals surface area contributed by atoms with Gasteiger partial charge in [-0.05, 0) is 28.8 Å². The second kappa shape index (κ2) is 9.29. The summed E-state index contributed by atoms with van der Waals surface area (Å²) in [6, 6.07) is 10.1. The maximum absolute atomic E-state index is 13.0. The van der Waals surface area contributed by atoms with Crippen molar-refractivity contribution in [3.8, 4) is 0 Å². The first kappa shape index (κ1) is 20.4. The summed E-state index contributed by atoms with van der Waals surface area (Å²) in [5.74, 6) is 0.803. The number of hydrogen-bond acceptors (Lipinski definition) is 6. The van der Waals surface area contributed by atoms with E-state index in [4.69, 9.17) is 0 Å². The molecule has 2 aliphatic heterocycles. The molecule has 0 N–H and O–H groups in total. The SMILES string of the molecule is O=S(=O)(N1CCCCCC1)N1CCN(Cc2nnnn2Cc2ccccc2)CC1. The van der Waals surface area contributed by atoms with Crippen molar-refractivity contribution in [2.24, 2.45) is 0 Å². The first-order valence-corrected chi connectivity index (χ1v) is 11.8. The number of rotatable bonds is 6. The standard InChI is InChI=1S/C19H29N7O2S/c27-29(28,24-10-6-1-2-7-11-24)25-14-12-23(13-15-25)17-19-20-21-22-26(19)16-18-8-4-3-5-9-18/h3-5,8-9H,1-2,6-7,10-17H2. The van der Waals surface area contributed by atoms with Gasteiger partial charge in [-0.1, -0.05) is 43.2 Å². The molecule has 3 heterocycles. The molecule has 0 bridgehead atoms. The quantitative estimate of drug-likeness (QED) is 0.693. The van der Waals surface area contributed by atoms with Gasteiger partial charge in [-0.3, -0.25) is 4.90 Å². The average molecular weight is 420 g/mol. The third-order valence-corrected chi connectivity index (χ3v) is 7.73. The molecule has 9 nitrogen and oxygen atoms in total. The van der Waals surface area contributed by atoms with Crippen LogP contribution in [0.25, 0.3) is 0 Å².